The van der Waals surface area contributed by atoms with E-state index >= 15 is 9.59 Å². The van der Waals surface area contributed by atoms with Crippen LogP contribution in [-0.4, -0.2) is 113 Å². The van der Waals surface area contributed by atoms with Crippen molar-refractivity contribution in [2.75, 3.05) is 19.0 Å². The molecular weight excluding hydrogens is 1020 g/mol. The van der Waals surface area contributed by atoms with Gasteiger partial charge in [0, 0.05) is 41.0 Å². The monoisotopic (exact) mass is 1090 g/mol. The Labute approximate surface area is 457 Å². The first-order chi connectivity index (χ1) is 37.1. The number of hydrogen-bond acceptors (Lipinski definition) is 16. The number of rotatable bonds is 8. The zero-order valence-electron chi connectivity index (χ0n) is 43.5. The summed E-state index contributed by atoms with van der Waals surface area (Å²) in [6, 6.07) is 12.2. The minimum atomic E-state index is -2.34. The molecule has 0 aromatic heterocycles. The Balaban J connectivity index is 0.962. The molecule has 4 spiro atoms. The molecule has 410 valence electrons. The smallest absolute Gasteiger partial charge is 0.240 e. The number of ether oxygens (including phenoxy) is 2. The van der Waals surface area contributed by atoms with Crippen LogP contribution in [-0.2, 0) is 22.6 Å². The average molecular weight is 1090 g/mol. The number of benzene rings is 2. The highest BCUT2D eigenvalue weighted by Crippen LogP contribution is 2.79. The number of aliphatic hydroxyl groups is 7. The van der Waals surface area contributed by atoms with Gasteiger partial charge < -0.3 is 60.6 Å². The molecule has 13 aliphatic rings. The molecule has 4 heterocycles. The molecule has 7 fully saturated rings. The maximum atomic E-state index is 16.6. The fraction of sp³-hybridized carbons (Fsp3) is 0.623. The van der Waals surface area contributed by atoms with Crippen LogP contribution >= 0.6 is 21.6 Å². The Morgan fingerprint density at radius 1 is 0.896 bits per heavy atom. The topological polar surface area (TPSA) is 235 Å². The summed E-state index contributed by atoms with van der Waals surface area (Å²) >= 11 is 0. The molecule has 77 heavy (non-hydrogen) atoms. The first kappa shape index (κ1) is 51.2. The van der Waals surface area contributed by atoms with Gasteiger partial charge in [-0.25, -0.2) is 0 Å². The predicted octanol–water partition coefficient (Wildman–Crippen LogP) is 7.06. The highest BCUT2D eigenvalue weighted by molar-refractivity contribution is 8.76. The average Bonchev–Trinajstić information content (AvgIpc) is 3.95. The van der Waals surface area contributed by atoms with Crippen LogP contribution in [0.2, 0.25) is 0 Å². The number of aliphatic hydroxyl groups excluding tert-OH is 5. The third-order valence-corrected chi connectivity index (χ3v) is 25.2. The first-order valence-corrected chi connectivity index (χ1v) is 31.0. The fourth-order valence-electron chi connectivity index (χ4n) is 19.5. The van der Waals surface area contributed by atoms with Gasteiger partial charge in [0.2, 0.25) is 5.79 Å². The molecule has 16 atom stereocenters. The minimum absolute atomic E-state index is 0.0152. The summed E-state index contributed by atoms with van der Waals surface area (Å²) in [4.78, 5) is 45.5. The Kier molecular flexibility index (Phi) is 12.0. The highest BCUT2D eigenvalue weighted by Gasteiger charge is 2.84. The van der Waals surface area contributed by atoms with E-state index in [0.29, 0.717) is 68.5 Å². The van der Waals surface area contributed by atoms with Gasteiger partial charge in [0.15, 0.2) is 17.7 Å². The number of nitrogens with one attached hydrogen (secondary N) is 2. The van der Waals surface area contributed by atoms with E-state index < -0.39 is 86.8 Å². The fourth-order valence-corrected chi connectivity index (χ4v) is 22.3. The molecular formula is C61H72N2O12S2. The summed E-state index contributed by atoms with van der Waals surface area (Å²) in [6.07, 6.45) is 13.8. The van der Waals surface area contributed by atoms with Crippen molar-refractivity contribution in [1.82, 2.24) is 10.6 Å². The number of carbonyl (C=O) groups excluding carboxylic acids is 3. The number of ketones is 2. The third-order valence-electron chi connectivity index (χ3n) is 22.5. The van der Waals surface area contributed by atoms with E-state index in [1.807, 2.05) is 30.3 Å². The molecule has 14 nitrogen and oxygen atoms in total. The number of carbonyl (C=O) groups is 3. The lowest BCUT2D eigenvalue weighted by atomic mass is 9.42. The lowest BCUT2D eigenvalue weighted by Gasteiger charge is -2.72. The zero-order valence-corrected chi connectivity index (χ0v) is 45.1. The van der Waals surface area contributed by atoms with E-state index in [0.717, 1.165) is 74.6 Å². The normalized spacial score (nSPS) is 43.8. The summed E-state index contributed by atoms with van der Waals surface area (Å²) in [7, 11) is 2.91. The van der Waals surface area contributed by atoms with Crippen LogP contribution in [0.5, 0.6) is 5.75 Å². The Morgan fingerprint density at radius 2 is 1.71 bits per heavy atom. The van der Waals surface area contributed by atoms with Crippen molar-refractivity contribution < 1.29 is 59.6 Å². The van der Waals surface area contributed by atoms with Gasteiger partial charge in [-0.1, -0.05) is 89.7 Å². The minimum Gasteiger partial charge on any atom is -0.511 e. The Bertz CT molecular complexity index is 2970. The van der Waals surface area contributed by atoms with Crippen LogP contribution in [0.4, 0.5) is 0 Å². The van der Waals surface area contributed by atoms with Crippen LogP contribution in [0.3, 0.4) is 0 Å². The molecule has 16 heteroatoms. The summed E-state index contributed by atoms with van der Waals surface area (Å²) in [5.74, 6) is -5.14. The lowest BCUT2D eigenvalue weighted by Crippen LogP contribution is -2.88. The molecule has 0 radical (unpaired) electrons. The van der Waals surface area contributed by atoms with Crippen molar-refractivity contribution >= 4 is 39.4 Å². The maximum Gasteiger partial charge on any atom is 0.240 e. The van der Waals surface area contributed by atoms with Gasteiger partial charge in [0.1, 0.15) is 40.5 Å². The molecule has 2 saturated heterocycles. The van der Waals surface area contributed by atoms with Gasteiger partial charge in [-0.05, 0) is 152 Å². The van der Waals surface area contributed by atoms with E-state index in [2.05, 4.69) is 16.7 Å². The largest absolute Gasteiger partial charge is 0.511 e. The molecule has 10 bridgehead atoms. The quantitative estimate of drug-likeness (QED) is 0.0951. The van der Waals surface area contributed by atoms with E-state index in [1.165, 1.54) is 27.2 Å². The van der Waals surface area contributed by atoms with Gasteiger partial charge in [-0.2, -0.15) is 0 Å². The Hall–Kier alpha value is -3.97. The van der Waals surface area contributed by atoms with Crippen LogP contribution in [0.15, 0.2) is 89.0 Å². The van der Waals surface area contributed by atoms with Gasteiger partial charge in [-0.3, -0.25) is 9.59 Å². The zero-order chi connectivity index (χ0) is 53.1. The lowest BCUT2D eigenvalue weighted by molar-refractivity contribution is -0.461. The molecule has 0 amide bonds. The molecule has 9 aliphatic carbocycles. The second-order valence-corrected chi connectivity index (χ2v) is 28.3. The van der Waals surface area contributed by atoms with Crippen molar-refractivity contribution in [1.29, 1.82) is 0 Å². The van der Waals surface area contributed by atoms with Crippen molar-refractivity contribution in [2.45, 2.75) is 156 Å². The second-order valence-electron chi connectivity index (χ2n) is 25.7. The maximum absolute atomic E-state index is 16.6. The number of hydrogen-bond donors (Lipinski definition) is 9. The van der Waals surface area contributed by atoms with Crippen LogP contribution in [0.1, 0.15) is 135 Å². The number of Topliss-reactive ketones (excluding diaryl/α,β-unsaturated/α-hetero) is 2. The van der Waals surface area contributed by atoms with E-state index in [-0.39, 0.29) is 71.2 Å². The van der Waals surface area contributed by atoms with Crippen LogP contribution in [0, 0.1) is 57.7 Å². The van der Waals surface area contributed by atoms with Crippen molar-refractivity contribution in [3.63, 3.8) is 0 Å². The predicted molar refractivity (Wildman–Crippen MR) is 288 cm³/mol. The SMILES string of the molecule is O=CC1CCCC12CC1CC3CC4C5CCC67Oc8cccc9c8C(=O)C8(C(O)=CC(Cc%10cccc(CO)c%10)=CC8C9=O)C(CCC8(O)CCCCC8)SSCNC8=CC(=C3CN8)C1(C2)C4C(O)(C6O)C(O)C5(CO)O7. The van der Waals surface area contributed by atoms with E-state index in [4.69, 9.17) is 9.47 Å². The highest BCUT2D eigenvalue weighted by atomic mass is 33.1. The summed E-state index contributed by atoms with van der Waals surface area (Å²) in [6.45, 7) is -0.301. The summed E-state index contributed by atoms with van der Waals surface area (Å²) < 4.78 is 14.3. The standard InChI is InChI=1S/C61H72N2O12S2/c64-28-34-8-4-7-33(19-34)20-35-21-44-50(68)39-10-5-11-45-49(39)52(69)60(44,46(67)22-35)47(13-17-56(72)15-2-1-3-16-56)77-76-32-63-48-25-43-41(27-62-48)36-23-38-26-55(14-6-9-37(55)29-65)30-57(38,43)51-40(24-36)42-12-18-59(74-45)54(71)61(51,73)53(70)58(42,31-66)75-59/h4-5,7-8,10-11,19,21-22,25,29,36-38,40,42,44,47,51,53-54,62-64,66-67,70-73H,1-3,6,9,12-18,20,23-24,26-28,30-32H2. The van der Waals surface area contributed by atoms with Crippen LogP contribution in [0.25, 0.3) is 0 Å². The molecule has 16 unspecified atom stereocenters. The molecule has 5 saturated carbocycles. The second kappa shape index (κ2) is 18.0. The molecule has 4 aliphatic heterocycles. The number of aldehydes is 1. The third kappa shape index (κ3) is 6.91. The molecule has 2 aromatic carbocycles. The number of allylic oxidation sites excluding steroid dienone is 6. The van der Waals surface area contributed by atoms with Gasteiger partial charge in [-0.15, -0.1) is 0 Å². The van der Waals surface area contributed by atoms with Gasteiger partial charge in [0.05, 0.1) is 42.0 Å². The number of dihydropyridines is 1. The van der Waals surface area contributed by atoms with E-state index in [1.54, 1.807) is 24.3 Å². The molecule has 9 N–H and O–H groups in total. The van der Waals surface area contributed by atoms with Crippen molar-refractivity contribution in [3.8, 4) is 5.75 Å². The van der Waals surface area contributed by atoms with E-state index in [9.17, 15) is 40.5 Å². The van der Waals surface area contributed by atoms with Gasteiger partial charge in [0.25, 0.3) is 0 Å². The first-order valence-electron chi connectivity index (χ1n) is 28.6. The molecule has 2 aromatic rings. The molecule has 15 rings (SSSR count). The van der Waals surface area contributed by atoms with Crippen molar-refractivity contribution in [3.05, 3.63) is 111 Å². The van der Waals surface area contributed by atoms with Crippen molar-refractivity contribution in [2.24, 2.45) is 57.7 Å². The van der Waals surface area contributed by atoms with Gasteiger partial charge >= 0.3 is 0 Å². The van der Waals surface area contributed by atoms with Crippen LogP contribution < -0.4 is 15.4 Å². The summed E-state index contributed by atoms with van der Waals surface area (Å²) in [5, 5.41) is 94.6. The summed E-state index contributed by atoms with van der Waals surface area (Å²) in [5.41, 5.74) is -3.64. The Morgan fingerprint density at radius 3 is 2.52 bits per heavy atom.